The fourth-order valence-corrected chi connectivity index (χ4v) is 2.53. The molecular formula is C13H24N4. The van der Waals surface area contributed by atoms with Gasteiger partial charge in [-0.2, -0.15) is 5.10 Å². The minimum atomic E-state index is 0.665. The second-order valence-electron chi connectivity index (χ2n) is 4.81. The van der Waals surface area contributed by atoms with Gasteiger partial charge in [-0.05, 0) is 32.9 Å². The third kappa shape index (κ3) is 2.87. The van der Waals surface area contributed by atoms with Gasteiger partial charge >= 0.3 is 0 Å². The monoisotopic (exact) mass is 236 g/mol. The van der Waals surface area contributed by atoms with E-state index in [-0.39, 0.29) is 0 Å². The molecule has 1 aromatic rings. The van der Waals surface area contributed by atoms with Crippen molar-refractivity contribution < 1.29 is 0 Å². The highest BCUT2D eigenvalue weighted by Crippen LogP contribution is 2.14. The standard InChI is InChI=1S/C13H24N4/c1-4-11-8-13(17(5-2)15-11)10-16-7-6-12(9-16)14-3/h8,12,14H,4-7,9-10H2,1-3H3. The largest absolute Gasteiger partial charge is 0.316 e. The maximum absolute atomic E-state index is 4.60. The van der Waals surface area contributed by atoms with Crippen LogP contribution in [0.4, 0.5) is 0 Å². The van der Waals surface area contributed by atoms with E-state index in [1.54, 1.807) is 0 Å². The molecule has 2 heterocycles. The molecule has 17 heavy (non-hydrogen) atoms. The van der Waals surface area contributed by atoms with Gasteiger partial charge in [0.05, 0.1) is 11.4 Å². The van der Waals surface area contributed by atoms with Crippen molar-refractivity contribution in [2.24, 2.45) is 0 Å². The maximum Gasteiger partial charge on any atom is 0.0625 e. The minimum Gasteiger partial charge on any atom is -0.316 e. The Morgan fingerprint density at radius 3 is 2.88 bits per heavy atom. The van der Waals surface area contributed by atoms with Crippen molar-refractivity contribution in [2.75, 3.05) is 20.1 Å². The molecule has 0 aromatic carbocycles. The second-order valence-corrected chi connectivity index (χ2v) is 4.81. The Kier molecular flexibility index (Phi) is 4.18. The van der Waals surface area contributed by atoms with E-state index in [0.29, 0.717) is 6.04 Å². The molecular weight excluding hydrogens is 212 g/mol. The van der Waals surface area contributed by atoms with Crippen molar-refractivity contribution >= 4 is 0 Å². The highest BCUT2D eigenvalue weighted by Gasteiger charge is 2.21. The third-order valence-corrected chi connectivity index (χ3v) is 3.64. The molecule has 2 rings (SSSR count). The second kappa shape index (κ2) is 5.65. The predicted molar refractivity (Wildman–Crippen MR) is 70.0 cm³/mol. The van der Waals surface area contributed by atoms with Crippen LogP contribution in [-0.2, 0) is 19.5 Å². The number of likely N-dealkylation sites (tertiary alicyclic amines) is 1. The highest BCUT2D eigenvalue weighted by molar-refractivity contribution is 5.10. The van der Waals surface area contributed by atoms with E-state index >= 15 is 0 Å². The Morgan fingerprint density at radius 1 is 1.47 bits per heavy atom. The van der Waals surface area contributed by atoms with Crippen LogP contribution in [-0.4, -0.2) is 40.9 Å². The first-order valence-electron chi connectivity index (χ1n) is 6.72. The van der Waals surface area contributed by atoms with E-state index in [4.69, 9.17) is 0 Å². The summed E-state index contributed by atoms with van der Waals surface area (Å²) in [4.78, 5) is 2.52. The third-order valence-electron chi connectivity index (χ3n) is 3.64. The average molecular weight is 236 g/mol. The highest BCUT2D eigenvalue weighted by atomic mass is 15.3. The molecule has 0 amide bonds. The molecule has 1 aromatic heterocycles. The Labute approximate surface area is 104 Å². The topological polar surface area (TPSA) is 33.1 Å². The van der Waals surface area contributed by atoms with Crippen LogP contribution in [0.2, 0.25) is 0 Å². The molecule has 1 saturated heterocycles. The number of nitrogens with one attached hydrogen (secondary N) is 1. The van der Waals surface area contributed by atoms with Crippen LogP contribution in [0.1, 0.15) is 31.7 Å². The first-order chi connectivity index (χ1) is 8.26. The minimum absolute atomic E-state index is 0.665. The lowest BCUT2D eigenvalue weighted by Gasteiger charge is -2.16. The van der Waals surface area contributed by atoms with Gasteiger partial charge in [-0.15, -0.1) is 0 Å². The number of likely N-dealkylation sites (N-methyl/N-ethyl adjacent to an activating group) is 1. The zero-order valence-electron chi connectivity index (χ0n) is 11.2. The average Bonchev–Trinajstić information content (AvgIpc) is 2.95. The molecule has 0 bridgehead atoms. The smallest absolute Gasteiger partial charge is 0.0625 e. The van der Waals surface area contributed by atoms with Crippen molar-refractivity contribution in [2.45, 2.75) is 45.8 Å². The van der Waals surface area contributed by atoms with Gasteiger partial charge in [0, 0.05) is 32.2 Å². The van der Waals surface area contributed by atoms with Crippen molar-refractivity contribution in [1.82, 2.24) is 20.0 Å². The van der Waals surface area contributed by atoms with Gasteiger partial charge in [-0.3, -0.25) is 9.58 Å². The lowest BCUT2D eigenvalue weighted by molar-refractivity contribution is 0.311. The number of rotatable bonds is 5. The first kappa shape index (κ1) is 12.6. The summed E-state index contributed by atoms with van der Waals surface area (Å²) < 4.78 is 2.14. The lowest BCUT2D eigenvalue weighted by atomic mass is 10.3. The summed E-state index contributed by atoms with van der Waals surface area (Å²) in [5.74, 6) is 0. The van der Waals surface area contributed by atoms with Crippen LogP contribution >= 0.6 is 0 Å². The van der Waals surface area contributed by atoms with Crippen LogP contribution < -0.4 is 5.32 Å². The summed E-state index contributed by atoms with van der Waals surface area (Å²) in [6, 6.07) is 2.93. The zero-order valence-corrected chi connectivity index (χ0v) is 11.2. The number of aryl methyl sites for hydroxylation is 2. The molecule has 0 aliphatic carbocycles. The number of nitrogens with zero attached hydrogens (tertiary/aromatic N) is 3. The summed E-state index contributed by atoms with van der Waals surface area (Å²) in [7, 11) is 2.06. The van der Waals surface area contributed by atoms with E-state index in [1.807, 2.05) is 0 Å². The summed E-state index contributed by atoms with van der Waals surface area (Å²) >= 11 is 0. The Morgan fingerprint density at radius 2 is 2.29 bits per heavy atom. The van der Waals surface area contributed by atoms with E-state index in [1.165, 1.54) is 24.4 Å². The molecule has 1 atom stereocenters. The summed E-state index contributed by atoms with van der Waals surface area (Å²) in [6.45, 7) is 8.70. The zero-order chi connectivity index (χ0) is 12.3. The Balaban J connectivity index is 2.00. The molecule has 1 unspecified atom stereocenters. The van der Waals surface area contributed by atoms with Gasteiger partial charge < -0.3 is 5.32 Å². The Bertz CT molecular complexity index is 358. The van der Waals surface area contributed by atoms with Crippen molar-refractivity contribution in [3.05, 3.63) is 17.5 Å². The van der Waals surface area contributed by atoms with Gasteiger partial charge in [-0.1, -0.05) is 6.92 Å². The molecule has 1 N–H and O–H groups in total. The molecule has 0 radical (unpaired) electrons. The van der Waals surface area contributed by atoms with Crippen molar-refractivity contribution in [3.63, 3.8) is 0 Å². The molecule has 0 spiro atoms. The van der Waals surface area contributed by atoms with Gasteiger partial charge in [0.2, 0.25) is 0 Å². The molecule has 4 nitrogen and oxygen atoms in total. The van der Waals surface area contributed by atoms with Gasteiger partial charge in [0.15, 0.2) is 0 Å². The lowest BCUT2D eigenvalue weighted by Crippen LogP contribution is -2.29. The molecule has 1 fully saturated rings. The van der Waals surface area contributed by atoms with Crippen LogP contribution in [0.5, 0.6) is 0 Å². The quantitative estimate of drug-likeness (QED) is 0.835. The van der Waals surface area contributed by atoms with Gasteiger partial charge in [0.1, 0.15) is 0 Å². The van der Waals surface area contributed by atoms with E-state index < -0.39 is 0 Å². The fourth-order valence-electron chi connectivity index (χ4n) is 2.53. The van der Waals surface area contributed by atoms with E-state index in [0.717, 1.165) is 26.1 Å². The molecule has 4 heteroatoms. The maximum atomic E-state index is 4.60. The molecule has 96 valence electrons. The van der Waals surface area contributed by atoms with Crippen LogP contribution in [0, 0.1) is 0 Å². The van der Waals surface area contributed by atoms with Crippen LogP contribution in [0.3, 0.4) is 0 Å². The van der Waals surface area contributed by atoms with E-state index in [2.05, 4.69) is 47.0 Å². The summed E-state index contributed by atoms with van der Waals surface area (Å²) in [6.07, 6.45) is 2.29. The van der Waals surface area contributed by atoms with Crippen LogP contribution in [0.15, 0.2) is 6.07 Å². The summed E-state index contributed by atoms with van der Waals surface area (Å²) in [5, 5.41) is 7.96. The van der Waals surface area contributed by atoms with Gasteiger partial charge in [-0.25, -0.2) is 0 Å². The molecule has 1 aliphatic heterocycles. The van der Waals surface area contributed by atoms with Crippen LogP contribution in [0.25, 0.3) is 0 Å². The number of aromatic nitrogens is 2. The molecule has 1 aliphatic rings. The number of hydrogen-bond donors (Lipinski definition) is 1. The first-order valence-corrected chi connectivity index (χ1v) is 6.72. The molecule has 0 saturated carbocycles. The normalized spacial score (nSPS) is 21.2. The summed E-state index contributed by atoms with van der Waals surface area (Å²) in [5.41, 5.74) is 2.58. The van der Waals surface area contributed by atoms with E-state index in [9.17, 15) is 0 Å². The fraction of sp³-hybridized carbons (Fsp3) is 0.769. The van der Waals surface area contributed by atoms with Gasteiger partial charge in [0.25, 0.3) is 0 Å². The van der Waals surface area contributed by atoms with Crippen molar-refractivity contribution in [3.8, 4) is 0 Å². The Hall–Kier alpha value is -0.870. The SMILES string of the molecule is CCc1cc(CN2CCC(NC)C2)n(CC)n1. The predicted octanol–water partition coefficient (Wildman–Crippen LogP) is 1.26. The van der Waals surface area contributed by atoms with Crippen molar-refractivity contribution in [1.29, 1.82) is 0 Å². The number of hydrogen-bond acceptors (Lipinski definition) is 3.